The number of methoxy groups -OCH3 is 2. The van der Waals surface area contributed by atoms with Crippen molar-refractivity contribution in [1.29, 1.82) is 0 Å². The van der Waals surface area contributed by atoms with E-state index in [1.54, 1.807) is 19.4 Å². The van der Waals surface area contributed by atoms with E-state index in [0.29, 0.717) is 19.6 Å². The van der Waals surface area contributed by atoms with Crippen LogP contribution in [0.15, 0.2) is 47.4 Å². The van der Waals surface area contributed by atoms with Crippen LogP contribution in [-0.2, 0) is 27.4 Å². The molecule has 1 amide bonds. The number of hydrogen-bond acceptors (Lipinski definition) is 6. The van der Waals surface area contributed by atoms with Crippen LogP contribution in [0.5, 0.6) is 5.75 Å². The summed E-state index contributed by atoms with van der Waals surface area (Å²) in [6.07, 6.45) is 2.98. The topological polar surface area (TPSA) is 95.9 Å². The first-order valence-corrected chi connectivity index (χ1v) is 10.3. The zero-order chi connectivity index (χ0) is 22.6. The highest BCUT2D eigenvalue weighted by Gasteiger charge is 2.22. The molecule has 0 saturated heterocycles. The van der Waals surface area contributed by atoms with Crippen molar-refractivity contribution in [3.05, 3.63) is 64.1 Å². The van der Waals surface area contributed by atoms with Crippen molar-refractivity contribution in [2.45, 2.75) is 45.4 Å². The minimum atomic E-state index is -0.471. The number of nitrogens with zero attached hydrogens (tertiary/aromatic N) is 1. The van der Waals surface area contributed by atoms with E-state index in [1.165, 1.54) is 11.7 Å². The van der Waals surface area contributed by atoms with E-state index in [0.717, 1.165) is 12.0 Å². The third kappa shape index (κ3) is 7.25. The van der Waals surface area contributed by atoms with Crippen LogP contribution < -0.4 is 15.6 Å². The number of carbonyl (C=O) groups is 2. The highest BCUT2D eigenvalue weighted by atomic mass is 16.5. The minimum absolute atomic E-state index is 0.0340. The lowest BCUT2D eigenvalue weighted by atomic mass is 10.1. The first-order valence-electron chi connectivity index (χ1n) is 10.3. The molecule has 1 N–H and O–H groups in total. The standard InChI is InChI=1S/C23H30N2O6/c1-4-8-18(15-20(26)30-3)24-22(27)19-11-12-25(13-14-29-2)23(28)21(19)31-16-17-9-6-5-7-10-17/h5-7,9-12,18H,4,8,13-16H2,1-3H3,(H,24,27). The molecule has 1 unspecified atom stereocenters. The Labute approximate surface area is 182 Å². The predicted octanol–water partition coefficient (Wildman–Crippen LogP) is 2.54. The van der Waals surface area contributed by atoms with E-state index in [4.69, 9.17) is 14.2 Å². The van der Waals surface area contributed by atoms with Crippen LogP contribution in [0, 0.1) is 0 Å². The van der Waals surface area contributed by atoms with Crippen LogP contribution in [0.4, 0.5) is 0 Å². The Morgan fingerprint density at radius 3 is 2.52 bits per heavy atom. The van der Waals surface area contributed by atoms with Crippen molar-refractivity contribution in [1.82, 2.24) is 9.88 Å². The number of esters is 1. The van der Waals surface area contributed by atoms with E-state index in [-0.39, 0.29) is 24.3 Å². The van der Waals surface area contributed by atoms with Crippen LogP contribution in [0.2, 0.25) is 0 Å². The Bertz CT molecular complexity index is 910. The molecule has 0 aliphatic rings. The molecule has 8 heteroatoms. The van der Waals surface area contributed by atoms with Gasteiger partial charge in [0.15, 0.2) is 5.75 Å². The number of aromatic nitrogens is 1. The first kappa shape index (κ1) is 24.1. The van der Waals surface area contributed by atoms with Gasteiger partial charge in [0.1, 0.15) is 6.61 Å². The number of hydrogen-bond donors (Lipinski definition) is 1. The molecule has 8 nitrogen and oxygen atoms in total. The van der Waals surface area contributed by atoms with Gasteiger partial charge in [-0.25, -0.2) is 0 Å². The molecule has 0 spiro atoms. The van der Waals surface area contributed by atoms with E-state index >= 15 is 0 Å². The molecular weight excluding hydrogens is 400 g/mol. The molecule has 0 radical (unpaired) electrons. The second-order valence-corrected chi connectivity index (χ2v) is 7.06. The fraction of sp³-hybridized carbons (Fsp3) is 0.435. The Balaban J connectivity index is 2.30. The summed E-state index contributed by atoms with van der Waals surface area (Å²) in [5.74, 6) is -0.913. The lowest BCUT2D eigenvalue weighted by molar-refractivity contribution is -0.141. The molecule has 2 rings (SSSR count). The summed E-state index contributed by atoms with van der Waals surface area (Å²) >= 11 is 0. The van der Waals surface area contributed by atoms with E-state index in [2.05, 4.69) is 5.32 Å². The van der Waals surface area contributed by atoms with Gasteiger partial charge in [-0.2, -0.15) is 0 Å². The first-order chi connectivity index (χ1) is 15.0. The van der Waals surface area contributed by atoms with E-state index < -0.39 is 23.5 Å². The molecule has 1 atom stereocenters. The third-order valence-corrected chi connectivity index (χ3v) is 4.74. The summed E-state index contributed by atoms with van der Waals surface area (Å²) in [5, 5.41) is 2.84. The van der Waals surface area contributed by atoms with Crippen molar-refractivity contribution < 1.29 is 23.8 Å². The van der Waals surface area contributed by atoms with Crippen LogP contribution >= 0.6 is 0 Å². The van der Waals surface area contributed by atoms with Crippen molar-refractivity contribution in [3.8, 4) is 5.75 Å². The molecule has 168 valence electrons. The van der Waals surface area contributed by atoms with Crippen molar-refractivity contribution >= 4 is 11.9 Å². The van der Waals surface area contributed by atoms with E-state index in [1.807, 2.05) is 37.3 Å². The average Bonchev–Trinajstić information content (AvgIpc) is 2.78. The molecule has 0 aliphatic carbocycles. The molecule has 0 saturated carbocycles. The van der Waals surface area contributed by atoms with Gasteiger partial charge in [-0.3, -0.25) is 14.4 Å². The maximum atomic E-state index is 13.0. The normalized spacial score (nSPS) is 11.6. The summed E-state index contributed by atoms with van der Waals surface area (Å²) < 4.78 is 17.0. The molecule has 0 bridgehead atoms. The van der Waals surface area contributed by atoms with Gasteiger partial charge in [0.2, 0.25) is 0 Å². The highest BCUT2D eigenvalue weighted by Crippen LogP contribution is 2.16. The largest absolute Gasteiger partial charge is 0.482 e. The molecule has 1 aromatic heterocycles. The zero-order valence-electron chi connectivity index (χ0n) is 18.3. The van der Waals surface area contributed by atoms with Crippen molar-refractivity contribution in [2.75, 3.05) is 20.8 Å². The maximum Gasteiger partial charge on any atom is 0.307 e. The average molecular weight is 431 g/mol. The molecule has 1 heterocycles. The number of rotatable bonds is 12. The van der Waals surface area contributed by atoms with Gasteiger partial charge >= 0.3 is 5.97 Å². The lowest BCUT2D eigenvalue weighted by Crippen LogP contribution is -2.38. The Hall–Kier alpha value is -3.13. The van der Waals surface area contributed by atoms with Gasteiger partial charge in [-0.1, -0.05) is 43.7 Å². The molecule has 0 aliphatic heterocycles. The molecule has 2 aromatic rings. The molecular formula is C23H30N2O6. The number of carbonyl (C=O) groups excluding carboxylic acids is 2. The number of ether oxygens (including phenoxy) is 3. The zero-order valence-corrected chi connectivity index (χ0v) is 18.3. The number of amides is 1. The summed E-state index contributed by atoms with van der Waals surface area (Å²) in [4.78, 5) is 37.7. The predicted molar refractivity (Wildman–Crippen MR) is 116 cm³/mol. The quantitative estimate of drug-likeness (QED) is 0.520. The fourth-order valence-corrected chi connectivity index (χ4v) is 3.09. The van der Waals surface area contributed by atoms with Gasteiger partial charge in [0.25, 0.3) is 11.5 Å². The fourth-order valence-electron chi connectivity index (χ4n) is 3.09. The van der Waals surface area contributed by atoms with Gasteiger partial charge in [0.05, 0.1) is 25.7 Å². The summed E-state index contributed by atoms with van der Waals surface area (Å²) in [7, 11) is 2.86. The maximum absolute atomic E-state index is 13.0. The number of benzene rings is 1. The Kier molecular flexibility index (Phi) is 9.77. The smallest absolute Gasteiger partial charge is 0.307 e. The van der Waals surface area contributed by atoms with Crippen molar-refractivity contribution in [3.63, 3.8) is 0 Å². The SMILES string of the molecule is CCCC(CC(=O)OC)NC(=O)c1ccn(CCOC)c(=O)c1OCc1ccccc1. The number of nitrogens with one attached hydrogen (secondary N) is 1. The van der Waals surface area contributed by atoms with Crippen LogP contribution in [0.3, 0.4) is 0 Å². The van der Waals surface area contributed by atoms with Gasteiger partial charge in [-0.15, -0.1) is 0 Å². The van der Waals surface area contributed by atoms with Crippen LogP contribution in [-0.4, -0.2) is 43.3 Å². The van der Waals surface area contributed by atoms with Crippen LogP contribution in [0.25, 0.3) is 0 Å². The summed E-state index contributed by atoms with van der Waals surface area (Å²) in [6, 6.07) is 10.5. The van der Waals surface area contributed by atoms with E-state index in [9.17, 15) is 14.4 Å². The Morgan fingerprint density at radius 1 is 1.13 bits per heavy atom. The van der Waals surface area contributed by atoms with Gasteiger partial charge in [0, 0.05) is 25.9 Å². The number of pyridine rings is 1. The molecule has 0 fully saturated rings. The summed E-state index contributed by atoms with van der Waals surface area (Å²) in [5.41, 5.74) is 0.580. The summed E-state index contributed by atoms with van der Waals surface area (Å²) in [6.45, 7) is 2.79. The third-order valence-electron chi connectivity index (χ3n) is 4.74. The van der Waals surface area contributed by atoms with Gasteiger partial charge < -0.3 is 24.1 Å². The minimum Gasteiger partial charge on any atom is -0.482 e. The second-order valence-electron chi connectivity index (χ2n) is 7.06. The Morgan fingerprint density at radius 2 is 1.87 bits per heavy atom. The highest BCUT2D eigenvalue weighted by molar-refractivity contribution is 5.97. The second kappa shape index (κ2) is 12.5. The monoisotopic (exact) mass is 430 g/mol. The van der Waals surface area contributed by atoms with Gasteiger partial charge in [-0.05, 0) is 18.1 Å². The van der Waals surface area contributed by atoms with Crippen LogP contribution in [0.1, 0.15) is 42.1 Å². The lowest BCUT2D eigenvalue weighted by Gasteiger charge is -2.19. The van der Waals surface area contributed by atoms with Crippen molar-refractivity contribution in [2.24, 2.45) is 0 Å². The molecule has 1 aromatic carbocycles. The molecule has 31 heavy (non-hydrogen) atoms.